The fraction of sp³-hybridized carbons (Fsp3) is 0.250. The fourth-order valence-corrected chi connectivity index (χ4v) is 1.11. The minimum atomic E-state index is -0.176. The Kier molecular flexibility index (Phi) is 3.39. The number of hydrogen-bond donors (Lipinski definition) is 1. The minimum absolute atomic E-state index is 0.176. The van der Waals surface area contributed by atoms with Gasteiger partial charge in [-0.2, -0.15) is 0 Å². The summed E-state index contributed by atoms with van der Waals surface area (Å²) in [5.74, 6) is -0.176. The standard InChI is InChI=1S/C8H10FNS/c1-11-10-6-7-3-2-4-8(9)5-7/h2-5,10H,6H2,1H3. The molecular weight excluding hydrogens is 161 g/mol. The van der Waals surface area contributed by atoms with Crippen LogP contribution in [0.25, 0.3) is 0 Å². The monoisotopic (exact) mass is 171 g/mol. The van der Waals surface area contributed by atoms with Crippen LogP contribution < -0.4 is 4.72 Å². The molecule has 0 atom stereocenters. The molecule has 1 N–H and O–H groups in total. The molecule has 0 heterocycles. The van der Waals surface area contributed by atoms with Gasteiger partial charge in [0.15, 0.2) is 0 Å². The van der Waals surface area contributed by atoms with Crippen LogP contribution in [0.3, 0.4) is 0 Å². The highest BCUT2D eigenvalue weighted by molar-refractivity contribution is 7.96. The summed E-state index contributed by atoms with van der Waals surface area (Å²) in [6.07, 6.45) is 1.94. The van der Waals surface area contributed by atoms with Gasteiger partial charge in [0.25, 0.3) is 0 Å². The molecule has 0 unspecified atom stereocenters. The molecule has 0 fully saturated rings. The average molecular weight is 171 g/mol. The van der Waals surface area contributed by atoms with Gasteiger partial charge in [-0.3, -0.25) is 4.72 Å². The molecule has 0 spiro atoms. The molecule has 11 heavy (non-hydrogen) atoms. The molecule has 0 aromatic heterocycles. The number of nitrogens with one attached hydrogen (secondary N) is 1. The van der Waals surface area contributed by atoms with Crippen molar-refractivity contribution in [2.45, 2.75) is 6.54 Å². The Morgan fingerprint density at radius 3 is 3.00 bits per heavy atom. The van der Waals surface area contributed by atoms with E-state index in [9.17, 15) is 4.39 Å². The smallest absolute Gasteiger partial charge is 0.123 e. The van der Waals surface area contributed by atoms with E-state index >= 15 is 0 Å². The second-order valence-corrected chi connectivity index (χ2v) is 2.85. The fourth-order valence-electron chi connectivity index (χ4n) is 0.802. The van der Waals surface area contributed by atoms with Gasteiger partial charge in [-0.25, -0.2) is 4.39 Å². The van der Waals surface area contributed by atoms with Gasteiger partial charge in [-0.1, -0.05) is 24.1 Å². The third-order valence-corrected chi connectivity index (χ3v) is 1.74. The van der Waals surface area contributed by atoms with Crippen molar-refractivity contribution in [2.24, 2.45) is 0 Å². The van der Waals surface area contributed by atoms with Crippen molar-refractivity contribution in [3.05, 3.63) is 35.6 Å². The van der Waals surface area contributed by atoms with Crippen LogP contribution in [0.15, 0.2) is 24.3 Å². The molecule has 0 aliphatic rings. The second kappa shape index (κ2) is 4.36. The van der Waals surface area contributed by atoms with Gasteiger partial charge in [-0.15, -0.1) is 0 Å². The number of rotatable bonds is 3. The summed E-state index contributed by atoms with van der Waals surface area (Å²) in [4.78, 5) is 0. The molecular formula is C8H10FNS. The molecule has 1 nitrogen and oxygen atoms in total. The lowest BCUT2D eigenvalue weighted by Crippen LogP contribution is -2.01. The Bertz CT molecular complexity index is 227. The van der Waals surface area contributed by atoms with Gasteiger partial charge in [0.05, 0.1) is 0 Å². The molecule has 1 rings (SSSR count). The summed E-state index contributed by atoms with van der Waals surface area (Å²) < 4.78 is 15.6. The third-order valence-electron chi connectivity index (χ3n) is 1.31. The summed E-state index contributed by atoms with van der Waals surface area (Å²) in [6, 6.07) is 6.59. The third kappa shape index (κ3) is 2.91. The maximum Gasteiger partial charge on any atom is 0.123 e. The van der Waals surface area contributed by atoms with E-state index in [4.69, 9.17) is 0 Å². The van der Waals surface area contributed by atoms with Gasteiger partial charge in [-0.05, 0) is 24.0 Å². The van der Waals surface area contributed by atoms with Crippen molar-refractivity contribution < 1.29 is 4.39 Å². The predicted octanol–water partition coefficient (Wildman–Crippen LogP) is 2.19. The highest BCUT2D eigenvalue weighted by atomic mass is 32.2. The normalized spacial score (nSPS) is 10.0. The SMILES string of the molecule is CSNCc1cccc(F)c1. The maximum atomic E-state index is 12.6. The van der Waals surface area contributed by atoms with E-state index in [-0.39, 0.29) is 5.82 Å². The van der Waals surface area contributed by atoms with E-state index in [1.54, 1.807) is 6.07 Å². The van der Waals surface area contributed by atoms with E-state index < -0.39 is 0 Å². The largest absolute Gasteiger partial charge is 0.260 e. The summed E-state index contributed by atoms with van der Waals surface area (Å²) in [5, 5.41) is 0. The molecule has 60 valence electrons. The quantitative estimate of drug-likeness (QED) is 0.700. The zero-order valence-electron chi connectivity index (χ0n) is 6.30. The Morgan fingerprint density at radius 1 is 1.55 bits per heavy atom. The molecule has 0 saturated heterocycles. The molecule has 0 aliphatic carbocycles. The van der Waals surface area contributed by atoms with Crippen LogP contribution in [-0.4, -0.2) is 6.26 Å². The summed E-state index contributed by atoms with van der Waals surface area (Å²) in [5.41, 5.74) is 0.972. The second-order valence-electron chi connectivity index (χ2n) is 2.16. The van der Waals surface area contributed by atoms with Gasteiger partial charge < -0.3 is 0 Å². The Balaban J connectivity index is 2.56. The van der Waals surface area contributed by atoms with Crippen LogP contribution in [0.4, 0.5) is 4.39 Å². The lowest BCUT2D eigenvalue weighted by Gasteiger charge is -1.99. The number of benzene rings is 1. The average Bonchev–Trinajstić information content (AvgIpc) is 2.01. The van der Waals surface area contributed by atoms with Crippen molar-refractivity contribution in [1.82, 2.24) is 4.72 Å². The van der Waals surface area contributed by atoms with Gasteiger partial charge in [0.1, 0.15) is 5.82 Å². The lowest BCUT2D eigenvalue weighted by atomic mass is 10.2. The van der Waals surface area contributed by atoms with E-state index in [1.807, 2.05) is 12.3 Å². The zero-order chi connectivity index (χ0) is 8.10. The number of halogens is 1. The summed E-state index contributed by atoms with van der Waals surface area (Å²) in [6.45, 7) is 0.707. The van der Waals surface area contributed by atoms with Crippen LogP contribution in [0.5, 0.6) is 0 Å². The van der Waals surface area contributed by atoms with Gasteiger partial charge in [0, 0.05) is 6.54 Å². The van der Waals surface area contributed by atoms with Crippen molar-refractivity contribution >= 4 is 11.9 Å². The lowest BCUT2D eigenvalue weighted by molar-refractivity contribution is 0.625. The number of hydrogen-bond acceptors (Lipinski definition) is 2. The Hall–Kier alpha value is -0.540. The molecule has 1 aromatic carbocycles. The molecule has 0 amide bonds. The van der Waals surface area contributed by atoms with Crippen LogP contribution in [0, 0.1) is 5.82 Å². The van der Waals surface area contributed by atoms with E-state index in [2.05, 4.69) is 4.72 Å². The van der Waals surface area contributed by atoms with Gasteiger partial charge in [0.2, 0.25) is 0 Å². The topological polar surface area (TPSA) is 12.0 Å². The highest BCUT2D eigenvalue weighted by Crippen LogP contribution is 2.03. The van der Waals surface area contributed by atoms with E-state index in [1.165, 1.54) is 24.1 Å². The Morgan fingerprint density at radius 2 is 2.36 bits per heavy atom. The summed E-state index contributed by atoms with van der Waals surface area (Å²) in [7, 11) is 0. The molecule has 0 saturated carbocycles. The van der Waals surface area contributed by atoms with Crippen molar-refractivity contribution in [3.63, 3.8) is 0 Å². The molecule has 0 radical (unpaired) electrons. The van der Waals surface area contributed by atoms with Crippen molar-refractivity contribution in [2.75, 3.05) is 6.26 Å². The minimum Gasteiger partial charge on any atom is -0.260 e. The van der Waals surface area contributed by atoms with Crippen LogP contribution >= 0.6 is 11.9 Å². The summed E-state index contributed by atoms with van der Waals surface area (Å²) >= 11 is 1.53. The first-order valence-electron chi connectivity index (χ1n) is 3.33. The molecule has 3 heteroatoms. The predicted molar refractivity (Wildman–Crippen MR) is 46.8 cm³/mol. The maximum absolute atomic E-state index is 12.6. The van der Waals surface area contributed by atoms with E-state index in [0.29, 0.717) is 6.54 Å². The first kappa shape index (κ1) is 8.56. The first-order chi connectivity index (χ1) is 5.33. The van der Waals surface area contributed by atoms with Crippen LogP contribution in [-0.2, 0) is 6.54 Å². The zero-order valence-corrected chi connectivity index (χ0v) is 7.12. The van der Waals surface area contributed by atoms with E-state index in [0.717, 1.165) is 5.56 Å². The highest BCUT2D eigenvalue weighted by Gasteiger charge is 1.92. The van der Waals surface area contributed by atoms with Gasteiger partial charge >= 0.3 is 0 Å². The molecule has 0 bridgehead atoms. The molecule has 1 aromatic rings. The first-order valence-corrected chi connectivity index (χ1v) is 4.55. The van der Waals surface area contributed by atoms with Crippen molar-refractivity contribution in [1.29, 1.82) is 0 Å². The van der Waals surface area contributed by atoms with Crippen LogP contribution in [0.2, 0.25) is 0 Å². The van der Waals surface area contributed by atoms with Crippen molar-refractivity contribution in [3.8, 4) is 0 Å². The Labute approximate surface area is 70.1 Å². The molecule has 0 aliphatic heterocycles. The van der Waals surface area contributed by atoms with Crippen LogP contribution in [0.1, 0.15) is 5.56 Å².